The van der Waals surface area contributed by atoms with Crippen LogP contribution in [0, 0.1) is 13.8 Å². The Morgan fingerprint density at radius 1 is 0.968 bits per heavy atom. The van der Waals surface area contributed by atoms with E-state index >= 15 is 0 Å². The molecule has 1 unspecified atom stereocenters. The standard InChI is InChI=1S/C26H24BrN3O/c1-17-6-5-7-18(2)25(17)30-16-20(14-24(30)31)26-28-22-8-3-4-9-23(22)29(26)15-19-10-12-21(27)13-11-19/h3-13,20H,14-16H2,1-2H3. The summed E-state index contributed by atoms with van der Waals surface area (Å²) in [5.74, 6) is 1.23. The zero-order valence-electron chi connectivity index (χ0n) is 17.7. The zero-order chi connectivity index (χ0) is 21.5. The molecule has 1 saturated heterocycles. The number of aromatic nitrogens is 2. The molecule has 1 amide bonds. The molecule has 0 bridgehead atoms. The maximum atomic E-state index is 13.1. The van der Waals surface area contributed by atoms with E-state index in [1.165, 1.54) is 5.56 Å². The van der Waals surface area contributed by atoms with Gasteiger partial charge in [0.1, 0.15) is 5.82 Å². The Morgan fingerprint density at radius 3 is 2.42 bits per heavy atom. The Labute approximate surface area is 190 Å². The molecule has 0 spiro atoms. The largest absolute Gasteiger partial charge is 0.323 e. The fourth-order valence-corrected chi connectivity index (χ4v) is 4.94. The van der Waals surface area contributed by atoms with E-state index in [0.29, 0.717) is 13.0 Å². The lowest BCUT2D eigenvalue weighted by Crippen LogP contribution is -2.26. The van der Waals surface area contributed by atoms with E-state index in [1.54, 1.807) is 0 Å². The van der Waals surface area contributed by atoms with Crippen LogP contribution < -0.4 is 4.90 Å². The number of para-hydroxylation sites is 3. The molecule has 1 atom stereocenters. The van der Waals surface area contributed by atoms with Crippen LogP contribution in [0.3, 0.4) is 0 Å². The lowest BCUT2D eigenvalue weighted by molar-refractivity contribution is -0.117. The number of anilines is 1. The first kappa shape index (κ1) is 20.0. The normalized spacial score (nSPS) is 16.4. The van der Waals surface area contributed by atoms with Gasteiger partial charge in [0.2, 0.25) is 5.91 Å². The number of aryl methyl sites for hydroxylation is 2. The van der Waals surface area contributed by atoms with Crippen molar-refractivity contribution in [2.75, 3.05) is 11.4 Å². The highest BCUT2D eigenvalue weighted by Gasteiger charge is 2.35. The number of benzene rings is 3. The minimum Gasteiger partial charge on any atom is -0.323 e. The van der Waals surface area contributed by atoms with Crippen molar-refractivity contribution in [3.63, 3.8) is 0 Å². The highest BCUT2D eigenvalue weighted by Crippen LogP contribution is 2.36. The molecule has 4 nitrogen and oxygen atoms in total. The molecule has 1 aromatic heterocycles. The van der Waals surface area contributed by atoms with Crippen LogP contribution in [0.2, 0.25) is 0 Å². The van der Waals surface area contributed by atoms with Crippen molar-refractivity contribution in [2.24, 2.45) is 0 Å². The number of hydrogen-bond donors (Lipinski definition) is 0. The van der Waals surface area contributed by atoms with Gasteiger partial charge in [0, 0.05) is 35.6 Å². The van der Waals surface area contributed by atoms with Crippen molar-refractivity contribution in [3.05, 3.63) is 93.7 Å². The molecule has 31 heavy (non-hydrogen) atoms. The lowest BCUT2D eigenvalue weighted by atomic mass is 10.1. The summed E-state index contributed by atoms with van der Waals surface area (Å²) in [7, 11) is 0. The number of hydrogen-bond acceptors (Lipinski definition) is 2. The third kappa shape index (κ3) is 3.68. The van der Waals surface area contributed by atoms with Crippen molar-refractivity contribution >= 4 is 38.6 Å². The molecular weight excluding hydrogens is 450 g/mol. The second kappa shape index (κ2) is 7.97. The van der Waals surface area contributed by atoms with Crippen LogP contribution in [-0.4, -0.2) is 22.0 Å². The van der Waals surface area contributed by atoms with Gasteiger partial charge >= 0.3 is 0 Å². The average molecular weight is 474 g/mol. The second-order valence-corrected chi connectivity index (χ2v) is 9.23. The first-order chi connectivity index (χ1) is 15.0. The smallest absolute Gasteiger partial charge is 0.227 e. The molecule has 3 aromatic carbocycles. The monoisotopic (exact) mass is 473 g/mol. The topological polar surface area (TPSA) is 38.1 Å². The maximum Gasteiger partial charge on any atom is 0.227 e. The van der Waals surface area contributed by atoms with Gasteiger partial charge in [-0.1, -0.05) is 58.4 Å². The molecule has 5 heteroatoms. The molecule has 5 rings (SSSR count). The number of halogens is 1. The molecule has 156 valence electrons. The number of imidazole rings is 1. The van der Waals surface area contributed by atoms with Crippen molar-refractivity contribution in [3.8, 4) is 0 Å². The van der Waals surface area contributed by atoms with Gasteiger partial charge in [-0.25, -0.2) is 4.98 Å². The van der Waals surface area contributed by atoms with Gasteiger partial charge < -0.3 is 9.47 Å². The minimum absolute atomic E-state index is 0.0642. The summed E-state index contributed by atoms with van der Waals surface area (Å²) in [4.78, 5) is 20.0. The van der Waals surface area contributed by atoms with Gasteiger partial charge in [0.05, 0.1) is 11.0 Å². The van der Waals surface area contributed by atoms with Gasteiger partial charge in [-0.15, -0.1) is 0 Å². The van der Waals surface area contributed by atoms with E-state index in [-0.39, 0.29) is 11.8 Å². The SMILES string of the molecule is Cc1cccc(C)c1N1CC(c2nc3ccccc3n2Cc2ccc(Br)cc2)CC1=O. The summed E-state index contributed by atoms with van der Waals surface area (Å²) < 4.78 is 3.35. The number of nitrogens with zero attached hydrogens (tertiary/aromatic N) is 3. The number of carbonyl (C=O) groups is 1. The Balaban J connectivity index is 1.54. The van der Waals surface area contributed by atoms with Crippen molar-refractivity contribution < 1.29 is 4.79 Å². The molecule has 0 saturated carbocycles. The number of amides is 1. The summed E-state index contributed by atoms with van der Waals surface area (Å²) in [5, 5.41) is 0. The van der Waals surface area contributed by atoms with Crippen LogP contribution in [0.25, 0.3) is 11.0 Å². The Morgan fingerprint density at radius 2 is 1.68 bits per heavy atom. The van der Waals surface area contributed by atoms with Crippen LogP contribution in [-0.2, 0) is 11.3 Å². The second-order valence-electron chi connectivity index (χ2n) is 8.32. The summed E-state index contributed by atoms with van der Waals surface area (Å²) in [6.45, 7) is 5.54. The fraction of sp³-hybridized carbons (Fsp3) is 0.231. The van der Waals surface area contributed by atoms with Crippen LogP contribution in [0.1, 0.15) is 34.9 Å². The average Bonchev–Trinajstić information content (AvgIpc) is 3.31. The molecule has 1 aliphatic rings. The quantitative estimate of drug-likeness (QED) is 0.365. The molecular formula is C26H24BrN3O. The minimum atomic E-state index is 0.0642. The van der Waals surface area contributed by atoms with E-state index in [2.05, 4.69) is 88.9 Å². The van der Waals surface area contributed by atoms with Gasteiger partial charge in [-0.2, -0.15) is 0 Å². The summed E-state index contributed by atoms with van der Waals surface area (Å²) in [6, 6.07) is 22.8. The molecule has 1 fully saturated rings. The fourth-order valence-electron chi connectivity index (χ4n) is 4.67. The van der Waals surface area contributed by atoms with Crippen molar-refractivity contribution in [1.82, 2.24) is 9.55 Å². The van der Waals surface area contributed by atoms with E-state index in [9.17, 15) is 4.79 Å². The summed E-state index contributed by atoms with van der Waals surface area (Å²) >= 11 is 3.52. The summed E-state index contributed by atoms with van der Waals surface area (Å²) in [6.07, 6.45) is 0.484. The maximum absolute atomic E-state index is 13.1. The predicted molar refractivity (Wildman–Crippen MR) is 129 cm³/mol. The molecule has 1 aliphatic heterocycles. The van der Waals surface area contributed by atoms with E-state index in [0.717, 1.165) is 44.7 Å². The molecule has 0 N–H and O–H groups in total. The summed E-state index contributed by atoms with van der Waals surface area (Å²) in [5.41, 5.74) is 6.62. The van der Waals surface area contributed by atoms with Crippen molar-refractivity contribution in [1.29, 1.82) is 0 Å². The Kier molecular flexibility index (Phi) is 5.14. The van der Waals surface area contributed by atoms with Gasteiger partial charge in [0.25, 0.3) is 0 Å². The van der Waals surface area contributed by atoms with Crippen LogP contribution >= 0.6 is 15.9 Å². The third-order valence-electron chi connectivity index (χ3n) is 6.14. The van der Waals surface area contributed by atoms with Crippen molar-refractivity contribution in [2.45, 2.75) is 32.7 Å². The number of carbonyl (C=O) groups excluding carboxylic acids is 1. The zero-order valence-corrected chi connectivity index (χ0v) is 19.3. The third-order valence-corrected chi connectivity index (χ3v) is 6.67. The number of fused-ring (bicyclic) bond motifs is 1. The van der Waals surface area contributed by atoms with Gasteiger partial charge in [-0.05, 0) is 54.8 Å². The van der Waals surface area contributed by atoms with E-state index in [1.807, 2.05) is 17.0 Å². The lowest BCUT2D eigenvalue weighted by Gasteiger charge is -2.21. The first-order valence-electron chi connectivity index (χ1n) is 10.6. The van der Waals surface area contributed by atoms with E-state index in [4.69, 9.17) is 4.98 Å². The van der Waals surface area contributed by atoms with Crippen LogP contribution in [0.5, 0.6) is 0 Å². The van der Waals surface area contributed by atoms with Gasteiger partial charge in [0.15, 0.2) is 0 Å². The molecule has 4 aromatic rings. The Bertz CT molecular complexity index is 1260. The Hall–Kier alpha value is -2.92. The van der Waals surface area contributed by atoms with E-state index < -0.39 is 0 Å². The van der Waals surface area contributed by atoms with Crippen LogP contribution in [0.15, 0.2) is 71.2 Å². The molecule has 0 radical (unpaired) electrons. The van der Waals surface area contributed by atoms with Gasteiger partial charge in [-0.3, -0.25) is 4.79 Å². The first-order valence-corrected chi connectivity index (χ1v) is 11.4. The highest BCUT2D eigenvalue weighted by atomic mass is 79.9. The number of rotatable bonds is 4. The highest BCUT2D eigenvalue weighted by molar-refractivity contribution is 9.10. The van der Waals surface area contributed by atoms with Crippen LogP contribution in [0.4, 0.5) is 5.69 Å². The molecule has 0 aliphatic carbocycles. The molecule has 2 heterocycles. The predicted octanol–water partition coefficient (Wildman–Crippen LogP) is 5.98.